The predicted octanol–water partition coefficient (Wildman–Crippen LogP) is 0.570. The summed E-state index contributed by atoms with van der Waals surface area (Å²) < 4.78 is 26.9. The van der Waals surface area contributed by atoms with Crippen LogP contribution in [0.1, 0.15) is 12.0 Å². The van der Waals surface area contributed by atoms with Crippen LogP contribution in [0.15, 0.2) is 41.8 Å². The van der Waals surface area contributed by atoms with Gasteiger partial charge in [-0.05, 0) is 25.5 Å². The Morgan fingerprint density at radius 2 is 1.85 bits per heavy atom. The second kappa shape index (κ2) is 5.65. The zero-order valence-corrected chi connectivity index (χ0v) is 12.0. The fourth-order valence-corrected chi connectivity index (χ4v) is 3.67. The first-order valence-corrected chi connectivity index (χ1v) is 7.91. The van der Waals surface area contributed by atoms with Gasteiger partial charge in [-0.15, -0.1) is 6.58 Å². The van der Waals surface area contributed by atoms with E-state index in [0.717, 1.165) is 5.56 Å². The molecular weight excluding hydrogens is 278 g/mol. The third-order valence-corrected chi connectivity index (χ3v) is 5.17. The lowest BCUT2D eigenvalue weighted by Crippen LogP contribution is -2.42. The van der Waals surface area contributed by atoms with Crippen LogP contribution in [0.2, 0.25) is 0 Å². The van der Waals surface area contributed by atoms with Gasteiger partial charge in [0, 0.05) is 5.92 Å². The van der Waals surface area contributed by atoms with Gasteiger partial charge in [0.1, 0.15) is 0 Å². The van der Waals surface area contributed by atoms with Gasteiger partial charge >= 0.3 is 0 Å². The van der Waals surface area contributed by atoms with Crippen molar-refractivity contribution in [3.63, 3.8) is 0 Å². The monoisotopic (exact) mass is 297 g/mol. The standard InChI is InChI=1S/C14H19NO4S/c1-3-10-8-12(14(17)13(10)16)15-20(18,19)11-6-4-9(2)5-7-11/h3-7,10,12-17H,1,8H2,2H3. The molecule has 0 bridgehead atoms. The van der Waals surface area contributed by atoms with Crippen LogP contribution in [0, 0.1) is 12.8 Å². The molecular formula is C14H19NO4S. The SMILES string of the molecule is C=CC1CC(NS(=O)(=O)c2ccc(C)cc2)C(O)C1O. The predicted molar refractivity (Wildman–Crippen MR) is 75.6 cm³/mol. The van der Waals surface area contributed by atoms with E-state index in [9.17, 15) is 18.6 Å². The summed E-state index contributed by atoms with van der Waals surface area (Å²) in [5, 5.41) is 19.7. The second-order valence-corrected chi connectivity index (χ2v) is 6.87. The zero-order chi connectivity index (χ0) is 14.9. The maximum Gasteiger partial charge on any atom is 0.240 e. The highest BCUT2D eigenvalue weighted by atomic mass is 32.2. The Hall–Kier alpha value is -1.21. The molecule has 1 aromatic carbocycles. The van der Waals surface area contributed by atoms with Gasteiger partial charge in [0.2, 0.25) is 10.0 Å². The van der Waals surface area contributed by atoms with Crippen LogP contribution in [0.25, 0.3) is 0 Å². The number of rotatable bonds is 4. The summed E-state index contributed by atoms with van der Waals surface area (Å²) in [4.78, 5) is 0.145. The number of aliphatic hydroxyl groups is 2. The summed E-state index contributed by atoms with van der Waals surface area (Å²) in [6.45, 7) is 5.45. The Kier molecular flexibility index (Phi) is 4.29. The normalized spacial score (nSPS) is 30.4. The van der Waals surface area contributed by atoms with E-state index in [4.69, 9.17) is 0 Å². The minimum atomic E-state index is -3.70. The van der Waals surface area contributed by atoms with Gasteiger partial charge in [0.25, 0.3) is 0 Å². The van der Waals surface area contributed by atoms with E-state index in [1.165, 1.54) is 18.2 Å². The summed E-state index contributed by atoms with van der Waals surface area (Å²) in [7, 11) is -3.70. The molecule has 4 atom stereocenters. The summed E-state index contributed by atoms with van der Waals surface area (Å²) >= 11 is 0. The van der Waals surface area contributed by atoms with Crippen LogP contribution in [0.5, 0.6) is 0 Å². The maximum absolute atomic E-state index is 12.2. The van der Waals surface area contributed by atoms with Gasteiger partial charge in [0.05, 0.1) is 23.1 Å². The minimum absolute atomic E-state index is 0.145. The van der Waals surface area contributed by atoms with Gasteiger partial charge in [-0.25, -0.2) is 13.1 Å². The zero-order valence-electron chi connectivity index (χ0n) is 11.2. The van der Waals surface area contributed by atoms with Gasteiger partial charge in [-0.1, -0.05) is 23.8 Å². The molecule has 0 saturated heterocycles. The van der Waals surface area contributed by atoms with E-state index >= 15 is 0 Å². The van der Waals surface area contributed by atoms with Crippen LogP contribution in [-0.2, 0) is 10.0 Å². The van der Waals surface area contributed by atoms with Gasteiger partial charge < -0.3 is 10.2 Å². The summed E-state index contributed by atoms with van der Waals surface area (Å²) in [5.41, 5.74) is 0.965. The Morgan fingerprint density at radius 3 is 2.35 bits per heavy atom. The van der Waals surface area contributed by atoms with E-state index in [-0.39, 0.29) is 10.8 Å². The number of hydrogen-bond acceptors (Lipinski definition) is 4. The number of hydrogen-bond donors (Lipinski definition) is 3. The quantitative estimate of drug-likeness (QED) is 0.709. The van der Waals surface area contributed by atoms with Crippen molar-refractivity contribution in [2.75, 3.05) is 0 Å². The number of aliphatic hydroxyl groups excluding tert-OH is 2. The average molecular weight is 297 g/mol. The highest BCUT2D eigenvalue weighted by molar-refractivity contribution is 7.89. The van der Waals surface area contributed by atoms with Crippen molar-refractivity contribution in [2.45, 2.75) is 36.5 Å². The molecule has 3 N–H and O–H groups in total. The first-order valence-electron chi connectivity index (χ1n) is 6.43. The largest absolute Gasteiger partial charge is 0.390 e. The van der Waals surface area contributed by atoms with Crippen LogP contribution in [0.3, 0.4) is 0 Å². The van der Waals surface area contributed by atoms with Crippen LogP contribution < -0.4 is 4.72 Å². The molecule has 0 radical (unpaired) electrons. The molecule has 1 saturated carbocycles. The second-order valence-electron chi connectivity index (χ2n) is 5.16. The Labute approximate surface area is 119 Å². The molecule has 0 spiro atoms. The molecule has 0 aliphatic heterocycles. The lowest BCUT2D eigenvalue weighted by Gasteiger charge is -2.18. The number of benzene rings is 1. The molecule has 6 heteroatoms. The highest BCUT2D eigenvalue weighted by Crippen LogP contribution is 2.28. The summed E-state index contributed by atoms with van der Waals surface area (Å²) in [6, 6.07) is 5.74. The molecule has 1 aromatic rings. The third kappa shape index (κ3) is 2.93. The molecule has 20 heavy (non-hydrogen) atoms. The van der Waals surface area contributed by atoms with Crippen molar-refractivity contribution in [3.8, 4) is 0 Å². The fourth-order valence-electron chi connectivity index (χ4n) is 2.40. The minimum Gasteiger partial charge on any atom is -0.390 e. The van der Waals surface area contributed by atoms with Crippen molar-refractivity contribution < 1.29 is 18.6 Å². The third-order valence-electron chi connectivity index (χ3n) is 3.67. The Bertz CT molecular complexity index is 582. The van der Waals surface area contributed by atoms with E-state index in [1.807, 2.05) is 6.92 Å². The van der Waals surface area contributed by atoms with Crippen molar-refractivity contribution in [1.29, 1.82) is 0 Å². The molecule has 0 amide bonds. The van der Waals surface area contributed by atoms with E-state index in [2.05, 4.69) is 11.3 Å². The Balaban J connectivity index is 2.17. The van der Waals surface area contributed by atoms with Gasteiger partial charge in [0.15, 0.2) is 0 Å². The summed E-state index contributed by atoms with van der Waals surface area (Å²) in [6.07, 6.45) is -0.248. The topological polar surface area (TPSA) is 86.6 Å². The molecule has 1 fully saturated rings. The molecule has 5 nitrogen and oxygen atoms in total. The fraction of sp³-hybridized carbons (Fsp3) is 0.429. The number of nitrogens with one attached hydrogen (secondary N) is 1. The van der Waals surface area contributed by atoms with Crippen molar-refractivity contribution in [1.82, 2.24) is 4.72 Å². The van der Waals surface area contributed by atoms with Gasteiger partial charge in [-0.2, -0.15) is 0 Å². The first-order chi connectivity index (χ1) is 9.35. The average Bonchev–Trinajstić information content (AvgIpc) is 2.66. The van der Waals surface area contributed by atoms with Crippen LogP contribution >= 0.6 is 0 Å². The van der Waals surface area contributed by atoms with E-state index < -0.39 is 28.3 Å². The summed E-state index contributed by atoms with van der Waals surface area (Å²) in [5.74, 6) is -0.310. The van der Waals surface area contributed by atoms with Crippen molar-refractivity contribution in [3.05, 3.63) is 42.5 Å². The number of aryl methyl sites for hydroxylation is 1. The van der Waals surface area contributed by atoms with E-state index in [1.54, 1.807) is 12.1 Å². The molecule has 4 unspecified atom stereocenters. The lowest BCUT2D eigenvalue weighted by atomic mass is 10.1. The lowest BCUT2D eigenvalue weighted by molar-refractivity contribution is 0.0218. The maximum atomic E-state index is 12.2. The Morgan fingerprint density at radius 1 is 1.25 bits per heavy atom. The van der Waals surface area contributed by atoms with Crippen molar-refractivity contribution in [2.24, 2.45) is 5.92 Å². The van der Waals surface area contributed by atoms with Crippen LogP contribution in [-0.4, -0.2) is 36.9 Å². The smallest absolute Gasteiger partial charge is 0.240 e. The van der Waals surface area contributed by atoms with E-state index in [0.29, 0.717) is 6.42 Å². The first kappa shape index (κ1) is 15.2. The molecule has 1 aliphatic rings. The molecule has 0 heterocycles. The molecule has 0 aromatic heterocycles. The van der Waals surface area contributed by atoms with Gasteiger partial charge in [-0.3, -0.25) is 0 Å². The van der Waals surface area contributed by atoms with Crippen molar-refractivity contribution >= 4 is 10.0 Å². The highest BCUT2D eigenvalue weighted by Gasteiger charge is 2.41. The molecule has 2 rings (SSSR count). The molecule has 1 aliphatic carbocycles. The van der Waals surface area contributed by atoms with Crippen LogP contribution in [0.4, 0.5) is 0 Å². The number of sulfonamides is 1. The molecule has 110 valence electrons.